The highest BCUT2D eigenvalue weighted by Gasteiger charge is 2.18. The molecule has 0 unspecified atom stereocenters. The van der Waals surface area contributed by atoms with E-state index in [0.29, 0.717) is 6.10 Å². The van der Waals surface area contributed by atoms with Gasteiger partial charge in [-0.05, 0) is 25.5 Å². The van der Waals surface area contributed by atoms with Crippen molar-refractivity contribution >= 4 is 0 Å². The zero-order valence-electron chi connectivity index (χ0n) is 8.57. The average Bonchev–Trinajstić information content (AvgIpc) is 2.72. The summed E-state index contributed by atoms with van der Waals surface area (Å²) in [5.74, 6) is 0. The van der Waals surface area contributed by atoms with Crippen molar-refractivity contribution in [3.8, 4) is 0 Å². The van der Waals surface area contributed by atoms with E-state index in [2.05, 4.69) is 36.5 Å². The van der Waals surface area contributed by atoms with Gasteiger partial charge in [-0.3, -0.25) is 0 Å². The maximum absolute atomic E-state index is 5.93. The first-order chi connectivity index (χ1) is 6.86. The van der Waals surface area contributed by atoms with Crippen LogP contribution in [0.4, 0.5) is 0 Å². The minimum atomic E-state index is 0.209. The summed E-state index contributed by atoms with van der Waals surface area (Å²) in [6.07, 6.45) is 1.74. The highest BCUT2D eigenvalue weighted by atomic mass is 16.5. The molecule has 1 aliphatic rings. The van der Waals surface area contributed by atoms with Gasteiger partial charge < -0.3 is 10.1 Å². The van der Waals surface area contributed by atoms with Crippen molar-refractivity contribution in [1.82, 2.24) is 5.32 Å². The Morgan fingerprint density at radius 1 is 1.36 bits per heavy atom. The van der Waals surface area contributed by atoms with Crippen LogP contribution >= 0.6 is 0 Å². The number of hydrogen-bond acceptors (Lipinski definition) is 2. The first-order valence-electron chi connectivity index (χ1n) is 5.27. The largest absolute Gasteiger partial charge is 0.369 e. The second-order valence-electron chi connectivity index (χ2n) is 3.80. The van der Waals surface area contributed by atoms with E-state index in [1.54, 1.807) is 0 Å². The SMILES string of the molecule is C[C@@H](O[C@@H]1CCNC1)c1ccccc1. The summed E-state index contributed by atoms with van der Waals surface area (Å²) < 4.78 is 5.93. The Bertz CT molecular complexity index is 267. The minimum Gasteiger partial charge on any atom is -0.369 e. The lowest BCUT2D eigenvalue weighted by molar-refractivity contribution is 0.00829. The Balaban J connectivity index is 1.92. The molecule has 0 bridgehead atoms. The van der Waals surface area contributed by atoms with Gasteiger partial charge in [0, 0.05) is 6.54 Å². The third kappa shape index (κ3) is 2.34. The fraction of sp³-hybridized carbons (Fsp3) is 0.500. The van der Waals surface area contributed by atoms with Crippen LogP contribution in [0.2, 0.25) is 0 Å². The van der Waals surface area contributed by atoms with Gasteiger partial charge in [0.2, 0.25) is 0 Å². The molecule has 1 N–H and O–H groups in total. The van der Waals surface area contributed by atoms with E-state index in [9.17, 15) is 0 Å². The fourth-order valence-electron chi connectivity index (χ4n) is 1.84. The van der Waals surface area contributed by atoms with Crippen LogP contribution in [0, 0.1) is 0 Å². The van der Waals surface area contributed by atoms with Crippen LogP contribution in [-0.4, -0.2) is 19.2 Å². The molecule has 1 aliphatic heterocycles. The van der Waals surface area contributed by atoms with Crippen molar-refractivity contribution in [3.63, 3.8) is 0 Å². The van der Waals surface area contributed by atoms with Crippen LogP contribution in [0.25, 0.3) is 0 Å². The Hall–Kier alpha value is -0.860. The molecule has 76 valence electrons. The topological polar surface area (TPSA) is 21.3 Å². The third-order valence-electron chi connectivity index (χ3n) is 2.68. The number of rotatable bonds is 3. The summed E-state index contributed by atoms with van der Waals surface area (Å²) >= 11 is 0. The molecule has 2 atom stereocenters. The van der Waals surface area contributed by atoms with Gasteiger partial charge in [0.25, 0.3) is 0 Å². The Morgan fingerprint density at radius 2 is 2.14 bits per heavy atom. The van der Waals surface area contributed by atoms with E-state index in [1.807, 2.05) is 6.07 Å². The number of nitrogens with one attached hydrogen (secondary N) is 1. The lowest BCUT2D eigenvalue weighted by Gasteiger charge is -2.18. The maximum Gasteiger partial charge on any atom is 0.0801 e. The van der Waals surface area contributed by atoms with Gasteiger partial charge >= 0.3 is 0 Å². The zero-order chi connectivity index (χ0) is 9.80. The summed E-state index contributed by atoms with van der Waals surface area (Å²) in [4.78, 5) is 0. The second-order valence-corrected chi connectivity index (χ2v) is 3.80. The highest BCUT2D eigenvalue weighted by Crippen LogP contribution is 2.19. The molecule has 2 rings (SSSR count). The van der Waals surface area contributed by atoms with Crippen LogP contribution in [-0.2, 0) is 4.74 Å². The van der Waals surface area contributed by atoms with Crippen LogP contribution in [0.5, 0.6) is 0 Å². The molecule has 1 aromatic rings. The first-order valence-corrected chi connectivity index (χ1v) is 5.27. The summed E-state index contributed by atoms with van der Waals surface area (Å²) in [6, 6.07) is 10.4. The Labute approximate surface area is 85.3 Å². The molecule has 2 heteroatoms. The van der Waals surface area contributed by atoms with Crippen molar-refractivity contribution in [2.24, 2.45) is 0 Å². The van der Waals surface area contributed by atoms with Gasteiger partial charge in [0.1, 0.15) is 0 Å². The van der Waals surface area contributed by atoms with Gasteiger partial charge in [0.15, 0.2) is 0 Å². The monoisotopic (exact) mass is 191 g/mol. The van der Waals surface area contributed by atoms with Gasteiger partial charge in [0.05, 0.1) is 12.2 Å². The first kappa shape index (κ1) is 9.69. The van der Waals surface area contributed by atoms with Gasteiger partial charge in [-0.2, -0.15) is 0 Å². The van der Waals surface area contributed by atoms with Gasteiger partial charge in [-0.25, -0.2) is 0 Å². The van der Waals surface area contributed by atoms with Crippen molar-refractivity contribution < 1.29 is 4.74 Å². The molecular weight excluding hydrogens is 174 g/mol. The summed E-state index contributed by atoms with van der Waals surface area (Å²) in [5, 5.41) is 3.30. The van der Waals surface area contributed by atoms with E-state index in [0.717, 1.165) is 19.5 Å². The minimum absolute atomic E-state index is 0.209. The van der Waals surface area contributed by atoms with E-state index in [-0.39, 0.29) is 6.10 Å². The molecule has 1 fully saturated rings. The highest BCUT2D eigenvalue weighted by molar-refractivity contribution is 5.16. The summed E-state index contributed by atoms with van der Waals surface area (Å²) in [5.41, 5.74) is 1.26. The van der Waals surface area contributed by atoms with Crippen LogP contribution < -0.4 is 5.32 Å². The molecule has 1 saturated heterocycles. The van der Waals surface area contributed by atoms with Crippen molar-refractivity contribution in [2.45, 2.75) is 25.6 Å². The average molecular weight is 191 g/mol. The van der Waals surface area contributed by atoms with Gasteiger partial charge in [-0.15, -0.1) is 0 Å². The molecule has 0 saturated carbocycles. The second kappa shape index (κ2) is 4.58. The zero-order valence-corrected chi connectivity index (χ0v) is 8.57. The number of hydrogen-bond donors (Lipinski definition) is 1. The molecule has 2 nitrogen and oxygen atoms in total. The van der Waals surface area contributed by atoms with E-state index >= 15 is 0 Å². The van der Waals surface area contributed by atoms with E-state index in [4.69, 9.17) is 4.74 Å². The molecule has 0 amide bonds. The van der Waals surface area contributed by atoms with Gasteiger partial charge in [-0.1, -0.05) is 30.3 Å². The predicted molar refractivity (Wildman–Crippen MR) is 57.2 cm³/mol. The van der Waals surface area contributed by atoms with Crippen molar-refractivity contribution in [3.05, 3.63) is 35.9 Å². The standard InChI is InChI=1S/C12H17NO/c1-10(11-5-3-2-4-6-11)14-12-7-8-13-9-12/h2-6,10,12-13H,7-9H2,1H3/t10-,12-/m1/s1. The molecule has 1 heterocycles. The van der Waals surface area contributed by atoms with Crippen LogP contribution in [0.3, 0.4) is 0 Å². The number of ether oxygens (including phenoxy) is 1. The third-order valence-corrected chi connectivity index (χ3v) is 2.68. The summed E-state index contributed by atoms with van der Waals surface area (Å²) in [6.45, 7) is 4.21. The van der Waals surface area contributed by atoms with Crippen molar-refractivity contribution in [2.75, 3.05) is 13.1 Å². The van der Waals surface area contributed by atoms with Crippen LogP contribution in [0.15, 0.2) is 30.3 Å². The lowest BCUT2D eigenvalue weighted by atomic mass is 10.1. The predicted octanol–water partition coefficient (Wildman–Crippen LogP) is 2.13. The quantitative estimate of drug-likeness (QED) is 0.790. The molecule has 14 heavy (non-hydrogen) atoms. The molecular formula is C12H17NO. The molecule has 0 aromatic heterocycles. The lowest BCUT2D eigenvalue weighted by Crippen LogP contribution is -2.18. The van der Waals surface area contributed by atoms with E-state index in [1.165, 1.54) is 5.56 Å². The molecule has 1 aromatic carbocycles. The van der Waals surface area contributed by atoms with Crippen molar-refractivity contribution in [1.29, 1.82) is 0 Å². The molecule has 0 spiro atoms. The van der Waals surface area contributed by atoms with Crippen LogP contribution in [0.1, 0.15) is 25.0 Å². The Kier molecular flexibility index (Phi) is 3.17. The Morgan fingerprint density at radius 3 is 2.79 bits per heavy atom. The van der Waals surface area contributed by atoms with E-state index < -0.39 is 0 Å². The molecule has 0 aliphatic carbocycles. The maximum atomic E-state index is 5.93. The number of benzene rings is 1. The fourth-order valence-corrected chi connectivity index (χ4v) is 1.84. The smallest absolute Gasteiger partial charge is 0.0801 e. The molecule has 0 radical (unpaired) electrons. The normalized spacial score (nSPS) is 23.6. The summed E-state index contributed by atoms with van der Waals surface area (Å²) in [7, 11) is 0.